The number of carbonyl (C=O) groups excluding carboxylic acids is 1. The van der Waals surface area contributed by atoms with Crippen LogP contribution < -0.4 is 0 Å². The maximum absolute atomic E-state index is 12.8. The number of likely N-dealkylation sites (N-methyl/N-ethyl adjacent to an activating group) is 1. The summed E-state index contributed by atoms with van der Waals surface area (Å²) >= 11 is 0. The molecule has 134 valence electrons. The number of phenols is 1. The lowest BCUT2D eigenvalue weighted by Gasteiger charge is -2.26. The number of aryl methyl sites for hydroxylation is 2. The summed E-state index contributed by atoms with van der Waals surface area (Å²) in [5, 5.41) is 21.8. The molecular formula is C19H25N3O3. The highest BCUT2D eigenvalue weighted by molar-refractivity contribution is 5.97. The maximum atomic E-state index is 12.8. The van der Waals surface area contributed by atoms with Gasteiger partial charge in [-0.15, -0.1) is 0 Å². The maximum Gasteiger partial charge on any atom is 0.272 e. The molecule has 1 aliphatic rings. The molecule has 0 bridgehead atoms. The van der Waals surface area contributed by atoms with E-state index in [-0.39, 0.29) is 11.7 Å². The number of β-amino-alcohol motifs (C(OH)–C–C–N with tert-alkyl or cyclic N) is 1. The molecule has 3 rings (SSSR count). The largest absolute Gasteiger partial charge is 0.505 e. The van der Waals surface area contributed by atoms with Crippen molar-refractivity contribution in [2.24, 2.45) is 0 Å². The Bertz CT molecular complexity index is 834. The Morgan fingerprint density at radius 3 is 2.72 bits per heavy atom. The van der Waals surface area contributed by atoms with E-state index in [0.717, 1.165) is 16.5 Å². The van der Waals surface area contributed by atoms with E-state index in [1.165, 1.54) is 0 Å². The van der Waals surface area contributed by atoms with Gasteiger partial charge in [-0.1, -0.05) is 12.1 Å². The number of amides is 1. The van der Waals surface area contributed by atoms with Gasteiger partial charge in [0.05, 0.1) is 12.1 Å². The topological polar surface area (TPSA) is 76.9 Å². The van der Waals surface area contributed by atoms with Gasteiger partial charge in [0, 0.05) is 18.5 Å². The molecule has 1 aromatic heterocycles. The van der Waals surface area contributed by atoms with Crippen LogP contribution >= 0.6 is 0 Å². The lowest BCUT2D eigenvalue weighted by Crippen LogP contribution is -2.43. The Balaban J connectivity index is 1.90. The zero-order valence-corrected chi connectivity index (χ0v) is 15.2. The summed E-state index contributed by atoms with van der Waals surface area (Å²) < 4.78 is 0. The summed E-state index contributed by atoms with van der Waals surface area (Å²) in [6.45, 7) is 5.09. The van der Waals surface area contributed by atoms with Crippen molar-refractivity contribution in [3.63, 3.8) is 0 Å². The van der Waals surface area contributed by atoms with Crippen LogP contribution in [0.15, 0.2) is 18.2 Å². The molecule has 2 aromatic rings. The standard InChI is InChI=1S/C19H25N3O3/c1-12-9-13(2)17(23)16-14(12)5-6-15(20-16)18(24)22-8-7-19(25,11-22)10-21(3)4/h5-6,9,23,25H,7-8,10-11H2,1-4H3/t19-/m1/s1. The second-order valence-electron chi connectivity index (χ2n) is 7.39. The molecule has 1 amide bonds. The van der Waals surface area contributed by atoms with Gasteiger partial charge < -0.3 is 20.0 Å². The van der Waals surface area contributed by atoms with Crippen molar-refractivity contribution in [2.45, 2.75) is 25.9 Å². The Morgan fingerprint density at radius 1 is 1.32 bits per heavy atom. The number of aliphatic hydroxyl groups is 1. The molecular weight excluding hydrogens is 318 g/mol. The number of likely N-dealkylation sites (tertiary alicyclic amines) is 1. The van der Waals surface area contributed by atoms with Crippen LogP contribution in [0.3, 0.4) is 0 Å². The van der Waals surface area contributed by atoms with Crippen molar-refractivity contribution in [1.29, 1.82) is 0 Å². The van der Waals surface area contributed by atoms with E-state index in [1.807, 2.05) is 45.0 Å². The lowest BCUT2D eigenvalue weighted by atomic mass is 10.0. The number of hydrogen-bond donors (Lipinski definition) is 2. The normalized spacial score (nSPS) is 20.6. The number of nitrogens with zero attached hydrogens (tertiary/aromatic N) is 3. The quantitative estimate of drug-likeness (QED) is 0.887. The van der Waals surface area contributed by atoms with E-state index in [2.05, 4.69) is 4.98 Å². The van der Waals surface area contributed by atoms with Crippen molar-refractivity contribution < 1.29 is 15.0 Å². The first-order chi connectivity index (χ1) is 11.7. The summed E-state index contributed by atoms with van der Waals surface area (Å²) in [5.74, 6) is -0.101. The minimum absolute atomic E-state index is 0.112. The molecule has 25 heavy (non-hydrogen) atoms. The zero-order valence-electron chi connectivity index (χ0n) is 15.2. The van der Waals surface area contributed by atoms with Crippen LogP contribution in [0, 0.1) is 13.8 Å². The number of carbonyl (C=O) groups is 1. The van der Waals surface area contributed by atoms with Crippen LogP contribution in [0.2, 0.25) is 0 Å². The summed E-state index contributed by atoms with van der Waals surface area (Å²) in [4.78, 5) is 20.8. The highest BCUT2D eigenvalue weighted by Gasteiger charge is 2.39. The molecule has 1 aromatic carbocycles. The van der Waals surface area contributed by atoms with Crippen molar-refractivity contribution in [3.05, 3.63) is 35.0 Å². The monoisotopic (exact) mass is 343 g/mol. The first-order valence-electron chi connectivity index (χ1n) is 8.46. The molecule has 0 spiro atoms. The van der Waals surface area contributed by atoms with E-state index in [1.54, 1.807) is 11.0 Å². The third kappa shape index (κ3) is 3.32. The van der Waals surface area contributed by atoms with Crippen LogP contribution in [0.5, 0.6) is 5.75 Å². The van der Waals surface area contributed by atoms with E-state index in [0.29, 0.717) is 37.3 Å². The Hall–Kier alpha value is -2.18. The Kier molecular flexibility index (Phi) is 4.43. The number of aromatic nitrogens is 1. The fraction of sp³-hybridized carbons (Fsp3) is 0.474. The molecule has 0 saturated carbocycles. The lowest BCUT2D eigenvalue weighted by molar-refractivity contribution is 0.0235. The number of pyridine rings is 1. The van der Waals surface area contributed by atoms with Gasteiger partial charge in [-0.3, -0.25) is 4.79 Å². The number of phenolic OH excluding ortho intramolecular Hbond substituents is 1. The van der Waals surface area contributed by atoms with E-state index < -0.39 is 5.60 Å². The number of rotatable bonds is 3. The third-order valence-corrected chi connectivity index (χ3v) is 4.80. The second-order valence-corrected chi connectivity index (χ2v) is 7.39. The summed E-state index contributed by atoms with van der Waals surface area (Å²) in [7, 11) is 3.81. The molecule has 0 unspecified atom stereocenters. The number of hydrogen-bond acceptors (Lipinski definition) is 5. The molecule has 6 nitrogen and oxygen atoms in total. The Labute approximate surface area is 147 Å². The Morgan fingerprint density at radius 2 is 2.04 bits per heavy atom. The van der Waals surface area contributed by atoms with Crippen LogP contribution in [-0.4, -0.2) is 70.2 Å². The number of aromatic hydroxyl groups is 1. The third-order valence-electron chi connectivity index (χ3n) is 4.80. The minimum Gasteiger partial charge on any atom is -0.505 e. The average molecular weight is 343 g/mol. The SMILES string of the molecule is Cc1cc(C)c2ccc(C(=O)N3CC[C@@](O)(CN(C)C)C3)nc2c1O. The average Bonchev–Trinajstić information content (AvgIpc) is 2.92. The second kappa shape index (κ2) is 6.28. The number of benzene rings is 1. The van der Waals surface area contributed by atoms with Gasteiger partial charge in [0.15, 0.2) is 0 Å². The van der Waals surface area contributed by atoms with Gasteiger partial charge in [-0.05, 0) is 51.6 Å². The predicted octanol–water partition coefficient (Wildman–Crippen LogP) is 1.70. The smallest absolute Gasteiger partial charge is 0.272 e. The van der Waals surface area contributed by atoms with Crippen LogP contribution in [-0.2, 0) is 0 Å². The molecule has 6 heteroatoms. The fourth-order valence-electron chi connectivity index (χ4n) is 3.64. The molecule has 2 N–H and O–H groups in total. The van der Waals surface area contributed by atoms with Gasteiger partial charge in [0.2, 0.25) is 0 Å². The predicted molar refractivity (Wildman–Crippen MR) is 96.9 cm³/mol. The van der Waals surface area contributed by atoms with Gasteiger partial charge >= 0.3 is 0 Å². The molecule has 1 aliphatic heterocycles. The van der Waals surface area contributed by atoms with Gasteiger partial charge in [-0.2, -0.15) is 0 Å². The van der Waals surface area contributed by atoms with Crippen molar-refractivity contribution in [1.82, 2.24) is 14.8 Å². The fourth-order valence-corrected chi connectivity index (χ4v) is 3.64. The highest BCUT2D eigenvalue weighted by Crippen LogP contribution is 2.30. The first kappa shape index (κ1) is 17.6. The van der Waals surface area contributed by atoms with Crippen molar-refractivity contribution in [3.8, 4) is 5.75 Å². The van der Waals surface area contributed by atoms with E-state index in [4.69, 9.17) is 0 Å². The first-order valence-corrected chi connectivity index (χ1v) is 8.46. The minimum atomic E-state index is -0.884. The molecule has 2 heterocycles. The molecule has 0 aliphatic carbocycles. The van der Waals surface area contributed by atoms with E-state index in [9.17, 15) is 15.0 Å². The zero-order chi connectivity index (χ0) is 18.4. The van der Waals surface area contributed by atoms with Crippen molar-refractivity contribution >= 4 is 16.8 Å². The van der Waals surface area contributed by atoms with Crippen LogP contribution in [0.25, 0.3) is 10.9 Å². The van der Waals surface area contributed by atoms with Crippen molar-refractivity contribution in [2.75, 3.05) is 33.7 Å². The van der Waals surface area contributed by atoms with E-state index >= 15 is 0 Å². The summed E-state index contributed by atoms with van der Waals surface area (Å²) in [6.07, 6.45) is 0.550. The molecule has 0 radical (unpaired) electrons. The molecule has 1 fully saturated rings. The summed E-state index contributed by atoms with van der Waals surface area (Å²) in [5.41, 5.74) is 1.61. The van der Waals surface area contributed by atoms with Gasteiger partial charge in [0.25, 0.3) is 5.91 Å². The highest BCUT2D eigenvalue weighted by atomic mass is 16.3. The van der Waals surface area contributed by atoms with Crippen LogP contribution in [0.1, 0.15) is 28.0 Å². The summed E-state index contributed by atoms with van der Waals surface area (Å²) in [6, 6.07) is 5.42. The number of fused-ring (bicyclic) bond motifs is 1. The van der Waals surface area contributed by atoms with Gasteiger partial charge in [0.1, 0.15) is 17.0 Å². The van der Waals surface area contributed by atoms with Gasteiger partial charge in [-0.25, -0.2) is 4.98 Å². The molecule has 1 saturated heterocycles. The van der Waals surface area contributed by atoms with Crippen LogP contribution in [0.4, 0.5) is 0 Å². The molecule has 1 atom stereocenters.